The first-order chi connectivity index (χ1) is 23.3. The molecule has 49 heavy (non-hydrogen) atoms. The number of nitrogens with zero attached hydrogens (tertiary/aromatic N) is 2. The van der Waals surface area contributed by atoms with Crippen LogP contribution in [0.3, 0.4) is 0 Å². The second-order valence-corrected chi connectivity index (χ2v) is 23.5. The molecule has 4 nitrogen and oxygen atoms in total. The number of pyridine rings is 2. The quantitative estimate of drug-likeness (QED) is 0.128. The Morgan fingerprint density at radius 3 is 2.16 bits per heavy atom. The molecule has 0 saturated carbocycles. The number of furan rings is 1. The van der Waals surface area contributed by atoms with E-state index in [9.17, 15) is 0 Å². The number of aromatic nitrogens is 2. The molecular weight excluding hydrogens is 841 g/mol. The number of ether oxygens (including phenoxy) is 1. The van der Waals surface area contributed by atoms with E-state index in [2.05, 4.69) is 125 Å². The summed E-state index contributed by atoms with van der Waals surface area (Å²) in [4.78, 5) is 9.28. The number of fused-ring (bicyclic) bond motifs is 4. The molecule has 3 aromatic heterocycles. The Hall–Kier alpha value is -4.55. The van der Waals surface area contributed by atoms with E-state index in [0.29, 0.717) is 0 Å². The number of hydrogen-bond acceptors (Lipinski definition) is 4. The number of aryl methyl sites for hydroxylation is 1. The van der Waals surface area contributed by atoms with Crippen molar-refractivity contribution in [2.24, 2.45) is 0 Å². The second-order valence-electron chi connectivity index (χ2n) is 13.0. The Labute approximate surface area is 303 Å². The van der Waals surface area contributed by atoms with Gasteiger partial charge in [-0.2, -0.15) is 0 Å². The van der Waals surface area contributed by atoms with E-state index >= 15 is 0 Å². The fraction of sp³-hybridized carbons (Fsp3) is 0.116. The normalized spacial score (nSPS) is 11.2. The van der Waals surface area contributed by atoms with Gasteiger partial charge in [0.15, 0.2) is 0 Å². The molecule has 0 unspecified atom stereocenters. The summed E-state index contributed by atoms with van der Waals surface area (Å²) < 4.78 is 13.1. The smallest absolute Gasteiger partial charge is 0.121 e. The van der Waals surface area contributed by atoms with Gasteiger partial charge in [0.25, 0.3) is 0 Å². The first-order valence-electron chi connectivity index (χ1n) is 16.1. The zero-order valence-electron chi connectivity index (χ0n) is 28.2. The fourth-order valence-electron chi connectivity index (χ4n) is 6.17. The number of methoxy groups -OCH3 is 1. The first-order valence-corrected chi connectivity index (χ1v) is 23.4. The van der Waals surface area contributed by atoms with Crippen LogP contribution >= 0.6 is 0 Å². The van der Waals surface area contributed by atoms with E-state index in [-0.39, 0.29) is 20.1 Å². The average Bonchev–Trinajstić information content (AvgIpc) is 3.50. The van der Waals surface area contributed by atoms with Crippen LogP contribution in [0.2, 0.25) is 17.3 Å². The van der Waals surface area contributed by atoms with E-state index in [4.69, 9.17) is 9.15 Å². The van der Waals surface area contributed by atoms with Gasteiger partial charge in [0.1, 0.15) is 5.58 Å². The van der Waals surface area contributed by atoms with Crippen LogP contribution in [-0.4, -0.2) is 30.3 Å². The minimum atomic E-state index is -1.82. The molecule has 0 aliphatic rings. The van der Waals surface area contributed by atoms with Gasteiger partial charge in [-0.1, -0.05) is 83.7 Å². The van der Waals surface area contributed by atoms with Crippen molar-refractivity contribution in [1.29, 1.82) is 0 Å². The summed E-state index contributed by atoms with van der Waals surface area (Å²) in [5, 5.41) is 4.48. The third-order valence-electron chi connectivity index (χ3n) is 8.63. The van der Waals surface area contributed by atoms with Gasteiger partial charge in [0, 0.05) is 31.7 Å². The average molecular weight is 878 g/mol. The fourth-order valence-corrected chi connectivity index (χ4v) is 9.75. The third kappa shape index (κ3) is 7.25. The standard InChI is InChI=1S/C27H16NO.C16H20GeNO.Ir/c1-2-7-18(8-3-1)20-13-14-22-23-11-6-12-24(27(23)29-26(22)16-20)25-15-19-9-4-5-10-21(19)17-28-25;1-12-9-16(18-11-15(12)17(2,3)4)13-7-6-8-14(10-13)19-5;/h1-11,13-17H;6,8-11H,1-5H3;/q2*-1;. The zero-order chi connectivity index (χ0) is 33.3. The molecule has 0 aliphatic heterocycles. The van der Waals surface area contributed by atoms with Crippen LogP contribution < -0.4 is 9.13 Å². The van der Waals surface area contributed by atoms with Gasteiger partial charge in [0.2, 0.25) is 0 Å². The maximum absolute atomic E-state index is 6.34. The molecule has 3 heterocycles. The summed E-state index contributed by atoms with van der Waals surface area (Å²) in [5.41, 5.74) is 9.08. The molecule has 0 N–H and O–H groups in total. The maximum atomic E-state index is 6.34. The van der Waals surface area contributed by atoms with Gasteiger partial charge in [-0.15, -0.1) is 18.2 Å². The molecule has 245 valence electrons. The molecule has 0 aliphatic carbocycles. The molecule has 8 aromatic rings. The SMILES string of the molecule is COc1cc[c-]c(-c2cc(C)[c]([Ge]([CH3])([CH3])[CH3])cn2)c1.[Ir].[c-]1ccc2c(oc3cc(-c4ccccc4)ccc32)c1-c1cc2ccccc2cn1. The molecule has 6 heteroatoms. The van der Waals surface area contributed by atoms with Crippen molar-refractivity contribution in [3.05, 3.63) is 145 Å². The van der Waals surface area contributed by atoms with Crippen LogP contribution in [-0.2, 0) is 20.1 Å². The van der Waals surface area contributed by atoms with Crippen LogP contribution in [0.5, 0.6) is 5.75 Å². The van der Waals surface area contributed by atoms with Gasteiger partial charge in [-0.05, 0) is 33.7 Å². The second kappa shape index (κ2) is 14.5. The summed E-state index contributed by atoms with van der Waals surface area (Å²) in [6.45, 7) is 2.18. The minimum Gasteiger partial charge on any atom is -0.501 e. The Morgan fingerprint density at radius 2 is 1.41 bits per heavy atom. The van der Waals surface area contributed by atoms with E-state index in [1.165, 1.54) is 15.5 Å². The Kier molecular flexibility index (Phi) is 10.2. The van der Waals surface area contributed by atoms with E-state index in [1.54, 1.807) is 7.11 Å². The molecule has 0 amide bonds. The van der Waals surface area contributed by atoms with Crippen molar-refractivity contribution in [2.75, 3.05) is 7.11 Å². The predicted molar refractivity (Wildman–Crippen MR) is 202 cm³/mol. The van der Waals surface area contributed by atoms with Crippen molar-refractivity contribution in [3.8, 4) is 39.4 Å². The van der Waals surface area contributed by atoms with Crippen LogP contribution in [0.4, 0.5) is 0 Å². The van der Waals surface area contributed by atoms with E-state index in [0.717, 1.165) is 66.5 Å². The first kappa shape index (κ1) is 34.3. The third-order valence-corrected chi connectivity index (χ3v) is 13.1. The molecule has 5 aromatic carbocycles. The van der Waals surface area contributed by atoms with E-state index < -0.39 is 13.3 Å². The monoisotopic (exact) mass is 879 g/mol. The Balaban J connectivity index is 0.000000183. The topological polar surface area (TPSA) is 48.2 Å². The number of benzene rings is 5. The molecular formula is C43H36GeIrN2O2-2. The Morgan fingerprint density at radius 1 is 0.673 bits per heavy atom. The van der Waals surface area contributed by atoms with Crippen LogP contribution in [0.15, 0.2) is 132 Å². The summed E-state index contributed by atoms with van der Waals surface area (Å²) in [6, 6.07) is 45.6. The van der Waals surface area contributed by atoms with Gasteiger partial charge < -0.3 is 9.40 Å². The van der Waals surface area contributed by atoms with Crippen molar-refractivity contribution >= 4 is 50.4 Å². The van der Waals surface area contributed by atoms with Crippen LogP contribution in [0, 0.1) is 19.1 Å². The van der Waals surface area contributed by atoms with Gasteiger partial charge in [0.05, 0.1) is 5.58 Å². The molecule has 8 rings (SSSR count). The molecule has 0 atom stereocenters. The van der Waals surface area contributed by atoms with Crippen LogP contribution in [0.1, 0.15) is 5.56 Å². The van der Waals surface area contributed by atoms with Gasteiger partial charge in [-0.25, -0.2) is 0 Å². The largest absolute Gasteiger partial charge is 0.501 e. The Bertz CT molecular complexity index is 2400. The number of hydrogen-bond donors (Lipinski definition) is 0. The molecule has 0 fully saturated rings. The number of rotatable bonds is 5. The predicted octanol–water partition coefficient (Wildman–Crippen LogP) is 10.7. The van der Waals surface area contributed by atoms with Crippen molar-refractivity contribution < 1.29 is 29.3 Å². The maximum Gasteiger partial charge on any atom is 0.121 e. The minimum absolute atomic E-state index is 0. The van der Waals surface area contributed by atoms with E-state index in [1.807, 2.05) is 48.7 Å². The molecule has 0 saturated heterocycles. The molecule has 1 radical (unpaired) electrons. The van der Waals surface area contributed by atoms with Crippen molar-refractivity contribution in [2.45, 2.75) is 24.2 Å². The summed E-state index contributed by atoms with van der Waals surface area (Å²) in [7, 11) is 1.67. The van der Waals surface area contributed by atoms with Crippen LogP contribution in [0.25, 0.3) is 66.4 Å². The molecule has 0 bridgehead atoms. The molecule has 0 spiro atoms. The van der Waals surface area contributed by atoms with Crippen molar-refractivity contribution in [3.63, 3.8) is 0 Å². The summed E-state index contributed by atoms with van der Waals surface area (Å²) in [5.74, 6) is 8.01. The summed E-state index contributed by atoms with van der Waals surface area (Å²) in [6.07, 6.45) is 3.96. The van der Waals surface area contributed by atoms with Crippen molar-refractivity contribution in [1.82, 2.24) is 9.97 Å². The summed E-state index contributed by atoms with van der Waals surface area (Å²) >= 11 is -1.82. The zero-order valence-corrected chi connectivity index (χ0v) is 32.7. The van der Waals surface area contributed by atoms with Gasteiger partial charge in [-0.3, -0.25) is 0 Å². The van der Waals surface area contributed by atoms with Gasteiger partial charge >= 0.3 is 118 Å².